The zero-order valence-corrected chi connectivity index (χ0v) is 20.4. The van der Waals surface area contributed by atoms with Gasteiger partial charge in [-0.2, -0.15) is 4.31 Å². The van der Waals surface area contributed by atoms with E-state index in [2.05, 4.69) is 15.5 Å². The first-order chi connectivity index (χ1) is 16.6. The van der Waals surface area contributed by atoms with Crippen molar-refractivity contribution >= 4 is 15.9 Å². The zero-order chi connectivity index (χ0) is 25.3. The normalized spacial score (nSPS) is 20.9. The molecule has 1 N–H and O–H groups in total. The van der Waals surface area contributed by atoms with E-state index in [0.717, 1.165) is 12.1 Å². The van der Waals surface area contributed by atoms with Gasteiger partial charge in [0.05, 0.1) is 6.04 Å². The van der Waals surface area contributed by atoms with Crippen LogP contribution in [0.1, 0.15) is 71.2 Å². The Morgan fingerprint density at radius 1 is 1.17 bits per heavy atom. The summed E-state index contributed by atoms with van der Waals surface area (Å²) in [6, 6.07) is 9.58. The quantitative estimate of drug-likeness (QED) is 0.539. The number of halogens is 2. The molecule has 1 amide bonds. The van der Waals surface area contributed by atoms with Crippen molar-refractivity contribution in [2.45, 2.75) is 57.5 Å². The number of rotatable bonds is 6. The average Bonchev–Trinajstić information content (AvgIpc) is 3.25. The summed E-state index contributed by atoms with van der Waals surface area (Å²) >= 11 is 0. The number of hydrogen-bond acceptors (Lipinski definition) is 6. The van der Waals surface area contributed by atoms with E-state index in [1.165, 1.54) is 18.2 Å². The predicted octanol–water partition coefficient (Wildman–Crippen LogP) is 4.20. The molecule has 0 aliphatic carbocycles. The van der Waals surface area contributed by atoms with Gasteiger partial charge in [0.15, 0.2) is 0 Å². The Morgan fingerprint density at radius 3 is 2.54 bits per heavy atom. The number of aryl methyl sites for hydroxylation is 1. The van der Waals surface area contributed by atoms with Gasteiger partial charge in [0.2, 0.25) is 15.9 Å². The van der Waals surface area contributed by atoms with Crippen LogP contribution in [0.2, 0.25) is 0 Å². The van der Waals surface area contributed by atoms with Crippen molar-refractivity contribution in [2.75, 3.05) is 0 Å². The molecule has 3 atom stereocenters. The SMILES string of the molecule is Cc1nnc(C(=O)NC(C)c2cc(F)c(CN3[C@H](C)CC[C@@H](c4ccccc4)S3(=O)=O)cc2F)o1. The van der Waals surface area contributed by atoms with Crippen molar-refractivity contribution in [1.82, 2.24) is 19.8 Å². The standard InChI is InChI=1S/C24H26F2N4O4S/c1-14-9-10-22(17-7-5-4-6-8-17)35(32,33)30(14)13-18-11-21(26)19(12-20(18)25)15(2)27-23(31)24-29-28-16(3)34-24/h4-8,11-12,14-15,22H,9-10,13H2,1-3H3,(H,27,31)/t14-,15?,22+/m1/s1. The highest BCUT2D eigenvalue weighted by Gasteiger charge is 2.40. The molecule has 35 heavy (non-hydrogen) atoms. The molecule has 8 nitrogen and oxygen atoms in total. The van der Waals surface area contributed by atoms with Crippen LogP contribution in [0.4, 0.5) is 8.78 Å². The van der Waals surface area contributed by atoms with Crippen molar-refractivity contribution in [3.05, 3.63) is 82.6 Å². The van der Waals surface area contributed by atoms with Crippen molar-refractivity contribution in [3.8, 4) is 0 Å². The number of sulfonamides is 1. The van der Waals surface area contributed by atoms with Crippen molar-refractivity contribution in [1.29, 1.82) is 0 Å². The Kier molecular flexibility index (Phi) is 7.00. The third kappa shape index (κ3) is 5.10. The van der Waals surface area contributed by atoms with Crippen molar-refractivity contribution in [3.63, 3.8) is 0 Å². The number of amides is 1. The molecular formula is C24H26F2N4O4S. The van der Waals surface area contributed by atoms with E-state index in [9.17, 15) is 17.6 Å². The monoisotopic (exact) mass is 504 g/mol. The lowest BCUT2D eigenvalue weighted by molar-refractivity contribution is 0.0902. The summed E-state index contributed by atoms with van der Waals surface area (Å²) in [5.41, 5.74) is 0.501. The maximum atomic E-state index is 15.1. The van der Waals surface area contributed by atoms with Gasteiger partial charge in [-0.1, -0.05) is 30.3 Å². The highest BCUT2D eigenvalue weighted by molar-refractivity contribution is 7.89. The Hall–Kier alpha value is -3.18. The summed E-state index contributed by atoms with van der Waals surface area (Å²) in [5, 5.41) is 8.92. The molecular weight excluding hydrogens is 478 g/mol. The maximum absolute atomic E-state index is 15.1. The molecule has 3 aromatic rings. The second kappa shape index (κ2) is 9.82. The number of aromatic nitrogens is 2. The summed E-state index contributed by atoms with van der Waals surface area (Å²) < 4.78 is 63.1. The minimum atomic E-state index is -3.80. The summed E-state index contributed by atoms with van der Waals surface area (Å²) in [6.45, 7) is 4.48. The molecule has 0 radical (unpaired) electrons. The van der Waals surface area contributed by atoms with Crippen LogP contribution < -0.4 is 5.32 Å². The van der Waals surface area contributed by atoms with Crippen LogP contribution in [-0.4, -0.2) is 34.9 Å². The number of carbonyl (C=O) groups is 1. The van der Waals surface area contributed by atoms with Gasteiger partial charge in [-0.05, 0) is 44.4 Å². The minimum absolute atomic E-state index is 0.0820. The maximum Gasteiger partial charge on any atom is 0.309 e. The van der Waals surface area contributed by atoms with Gasteiger partial charge in [-0.15, -0.1) is 10.2 Å². The van der Waals surface area contributed by atoms with E-state index in [0.29, 0.717) is 18.4 Å². The molecule has 0 spiro atoms. The number of nitrogens with zero attached hydrogens (tertiary/aromatic N) is 3. The molecule has 1 saturated heterocycles. The Labute approximate surface area is 202 Å². The molecule has 1 aliphatic heterocycles. The fourth-order valence-corrected chi connectivity index (χ4v) is 6.49. The molecule has 186 valence electrons. The molecule has 2 heterocycles. The fourth-order valence-electron chi connectivity index (χ4n) is 4.30. The second-order valence-electron chi connectivity index (χ2n) is 8.70. The molecule has 2 aromatic carbocycles. The molecule has 1 aliphatic rings. The number of hydrogen-bond donors (Lipinski definition) is 1. The van der Waals surface area contributed by atoms with Crippen LogP contribution in [0.5, 0.6) is 0 Å². The van der Waals surface area contributed by atoms with Crippen LogP contribution in [0, 0.1) is 18.6 Å². The van der Waals surface area contributed by atoms with Gasteiger partial charge in [0.25, 0.3) is 0 Å². The van der Waals surface area contributed by atoms with E-state index in [1.807, 2.05) is 6.07 Å². The van der Waals surface area contributed by atoms with Gasteiger partial charge in [0, 0.05) is 30.6 Å². The first-order valence-corrected chi connectivity index (χ1v) is 12.7. The van der Waals surface area contributed by atoms with Crippen LogP contribution in [0.15, 0.2) is 46.9 Å². The van der Waals surface area contributed by atoms with E-state index >= 15 is 4.39 Å². The number of benzene rings is 2. The highest BCUT2D eigenvalue weighted by Crippen LogP contribution is 2.38. The Balaban J connectivity index is 1.55. The summed E-state index contributed by atoms with van der Waals surface area (Å²) in [7, 11) is -3.80. The average molecular weight is 505 g/mol. The highest BCUT2D eigenvalue weighted by atomic mass is 32.2. The molecule has 1 aromatic heterocycles. The van der Waals surface area contributed by atoms with E-state index in [1.54, 1.807) is 31.2 Å². The second-order valence-corrected chi connectivity index (χ2v) is 10.8. The summed E-state index contributed by atoms with van der Waals surface area (Å²) in [4.78, 5) is 12.2. The van der Waals surface area contributed by atoms with Crippen LogP contribution in [-0.2, 0) is 16.6 Å². The third-order valence-electron chi connectivity index (χ3n) is 6.22. The summed E-state index contributed by atoms with van der Waals surface area (Å²) in [6.07, 6.45) is 1.05. The number of nitrogens with one attached hydrogen (secondary N) is 1. The van der Waals surface area contributed by atoms with E-state index in [-0.39, 0.29) is 35.5 Å². The van der Waals surface area contributed by atoms with Crippen molar-refractivity contribution in [2.24, 2.45) is 0 Å². The fraction of sp³-hybridized carbons (Fsp3) is 0.375. The van der Waals surface area contributed by atoms with E-state index in [4.69, 9.17) is 4.42 Å². The molecule has 0 saturated carbocycles. The van der Waals surface area contributed by atoms with Crippen LogP contribution >= 0.6 is 0 Å². The molecule has 4 rings (SSSR count). The molecule has 1 fully saturated rings. The van der Waals surface area contributed by atoms with Gasteiger partial charge in [0.1, 0.15) is 16.9 Å². The lowest BCUT2D eigenvalue weighted by atomic mass is 10.0. The first kappa shape index (κ1) is 24.9. The largest absolute Gasteiger partial charge is 0.417 e. The Bertz CT molecular complexity index is 1330. The smallest absolute Gasteiger partial charge is 0.309 e. The molecule has 11 heteroatoms. The topological polar surface area (TPSA) is 105 Å². The lowest BCUT2D eigenvalue weighted by Crippen LogP contribution is -2.44. The van der Waals surface area contributed by atoms with Gasteiger partial charge < -0.3 is 9.73 Å². The lowest BCUT2D eigenvalue weighted by Gasteiger charge is -2.37. The first-order valence-electron chi connectivity index (χ1n) is 11.2. The third-order valence-corrected chi connectivity index (χ3v) is 8.59. The predicted molar refractivity (Wildman–Crippen MR) is 124 cm³/mol. The summed E-state index contributed by atoms with van der Waals surface area (Å²) in [5.74, 6) is -2.34. The van der Waals surface area contributed by atoms with Crippen molar-refractivity contribution < 1.29 is 26.4 Å². The van der Waals surface area contributed by atoms with Crippen LogP contribution in [0.3, 0.4) is 0 Å². The number of carbonyl (C=O) groups excluding carboxylic acids is 1. The van der Waals surface area contributed by atoms with Crippen LogP contribution in [0.25, 0.3) is 0 Å². The zero-order valence-electron chi connectivity index (χ0n) is 19.5. The van der Waals surface area contributed by atoms with E-state index < -0.39 is 38.9 Å². The van der Waals surface area contributed by atoms with Gasteiger partial charge in [-0.3, -0.25) is 4.79 Å². The van der Waals surface area contributed by atoms with Gasteiger partial charge >= 0.3 is 11.8 Å². The molecule has 1 unspecified atom stereocenters. The minimum Gasteiger partial charge on any atom is -0.417 e. The Morgan fingerprint density at radius 2 is 1.89 bits per heavy atom. The molecule has 0 bridgehead atoms. The van der Waals surface area contributed by atoms with Gasteiger partial charge in [-0.25, -0.2) is 17.2 Å².